The number of carbonyl (C=O) groups excluding carboxylic acids is 1. The van der Waals surface area contributed by atoms with Crippen molar-refractivity contribution in [1.82, 2.24) is 4.90 Å². The number of halogens is 1. The summed E-state index contributed by atoms with van der Waals surface area (Å²) in [4.78, 5) is 11.8. The molecule has 1 amide bonds. The van der Waals surface area contributed by atoms with E-state index in [0.717, 1.165) is 18.9 Å². The van der Waals surface area contributed by atoms with E-state index in [2.05, 4.69) is 0 Å². The minimum absolute atomic E-state index is 0.0450. The Balaban J connectivity index is 4.22. The lowest BCUT2D eigenvalue weighted by Gasteiger charge is -2.14. The Morgan fingerprint density at radius 3 is 2.87 bits per heavy atom. The first-order valence-electron chi connectivity index (χ1n) is 4.74. The maximum atomic E-state index is 12.6. The molecular weight excluding hydrogens is 195 g/mol. The molecule has 1 N–H and O–H groups in total. The maximum Gasteiger partial charge on any atom is 0.215 e. The van der Waals surface area contributed by atoms with Crippen LogP contribution in [0.1, 0.15) is 19.8 Å². The molecule has 0 saturated heterocycles. The van der Waals surface area contributed by atoms with Gasteiger partial charge in [-0.15, -0.1) is 6.42 Å². The predicted molar refractivity (Wildman–Crippen MR) is 58.3 cm³/mol. The van der Waals surface area contributed by atoms with Crippen molar-refractivity contribution in [1.29, 1.82) is 5.41 Å². The average molecular weight is 210 g/mol. The van der Waals surface area contributed by atoms with Crippen molar-refractivity contribution in [2.24, 2.45) is 0 Å². The summed E-state index contributed by atoms with van der Waals surface area (Å²) in [6.07, 6.45) is 7.88. The van der Waals surface area contributed by atoms with Crippen LogP contribution in [0.4, 0.5) is 4.39 Å². The summed E-state index contributed by atoms with van der Waals surface area (Å²) in [6.45, 7) is 2.45. The van der Waals surface area contributed by atoms with Gasteiger partial charge >= 0.3 is 0 Å². The van der Waals surface area contributed by atoms with Gasteiger partial charge in [-0.3, -0.25) is 15.1 Å². The molecule has 15 heavy (non-hydrogen) atoms. The Morgan fingerprint density at radius 1 is 1.73 bits per heavy atom. The summed E-state index contributed by atoms with van der Waals surface area (Å²) in [7, 11) is 0. The van der Waals surface area contributed by atoms with E-state index in [1.807, 2.05) is 12.8 Å². The van der Waals surface area contributed by atoms with E-state index < -0.39 is 6.17 Å². The number of hydrogen-bond donors (Lipinski definition) is 1. The van der Waals surface area contributed by atoms with Crippen molar-refractivity contribution in [2.45, 2.75) is 25.9 Å². The predicted octanol–water partition coefficient (Wildman–Crippen LogP) is 1.75. The monoisotopic (exact) mass is 210 g/mol. The van der Waals surface area contributed by atoms with Gasteiger partial charge in [0.25, 0.3) is 0 Å². The van der Waals surface area contributed by atoms with Crippen LogP contribution in [0.2, 0.25) is 0 Å². The van der Waals surface area contributed by atoms with Gasteiger partial charge in [-0.1, -0.05) is 19.3 Å². The fourth-order valence-electron chi connectivity index (χ4n) is 0.885. The van der Waals surface area contributed by atoms with Crippen LogP contribution in [0, 0.1) is 17.8 Å². The Labute approximate surface area is 89.5 Å². The second-order valence-corrected chi connectivity index (χ2v) is 2.97. The van der Waals surface area contributed by atoms with Gasteiger partial charge < -0.3 is 0 Å². The van der Waals surface area contributed by atoms with Crippen LogP contribution >= 0.6 is 0 Å². The average Bonchev–Trinajstić information content (AvgIpc) is 2.26. The largest absolute Gasteiger partial charge is 0.300 e. The zero-order valence-electron chi connectivity index (χ0n) is 8.74. The summed E-state index contributed by atoms with van der Waals surface area (Å²) in [5.74, 6) is 1.82. The van der Waals surface area contributed by atoms with Crippen LogP contribution in [0.3, 0.4) is 0 Å². The van der Waals surface area contributed by atoms with E-state index in [1.54, 1.807) is 0 Å². The van der Waals surface area contributed by atoms with E-state index in [4.69, 9.17) is 11.8 Å². The molecule has 0 aliphatic rings. The number of amides is 1. The summed E-state index contributed by atoms with van der Waals surface area (Å²) >= 11 is 0. The molecule has 0 aliphatic heterocycles. The third-order valence-corrected chi connectivity index (χ3v) is 1.77. The van der Waals surface area contributed by atoms with E-state index >= 15 is 0 Å². The number of terminal acetylenes is 1. The second kappa shape index (κ2) is 7.74. The lowest BCUT2D eigenvalue weighted by Crippen LogP contribution is -2.28. The summed E-state index contributed by atoms with van der Waals surface area (Å²) in [6, 6.07) is 0. The topological polar surface area (TPSA) is 44.2 Å². The molecule has 4 heteroatoms. The highest BCUT2D eigenvalue weighted by molar-refractivity contribution is 5.96. The van der Waals surface area contributed by atoms with Crippen LogP contribution in [-0.2, 0) is 4.79 Å². The zero-order valence-corrected chi connectivity index (χ0v) is 8.74. The molecule has 3 nitrogen and oxygen atoms in total. The third kappa shape index (κ3) is 5.63. The van der Waals surface area contributed by atoms with Crippen molar-refractivity contribution in [3.8, 4) is 12.3 Å². The molecule has 0 heterocycles. The van der Waals surface area contributed by atoms with Crippen molar-refractivity contribution < 1.29 is 9.18 Å². The van der Waals surface area contributed by atoms with Crippen LogP contribution in [0.5, 0.6) is 0 Å². The van der Waals surface area contributed by atoms with Crippen molar-refractivity contribution in [2.75, 3.05) is 6.54 Å². The van der Waals surface area contributed by atoms with Crippen LogP contribution in [-0.4, -0.2) is 29.9 Å². The molecule has 1 atom stereocenters. The molecule has 0 aromatic rings. The molecule has 0 fully saturated rings. The van der Waals surface area contributed by atoms with Crippen LogP contribution in [0.15, 0.2) is 12.2 Å². The Kier molecular flexibility index (Phi) is 6.90. The number of amidine groups is 1. The van der Waals surface area contributed by atoms with Gasteiger partial charge in [0.1, 0.15) is 5.84 Å². The summed E-state index contributed by atoms with van der Waals surface area (Å²) in [5, 5.41) is 7.47. The summed E-state index contributed by atoms with van der Waals surface area (Å²) in [5.41, 5.74) is 0. The molecule has 82 valence electrons. The molecule has 0 aromatic carbocycles. The van der Waals surface area contributed by atoms with Gasteiger partial charge in [0, 0.05) is 6.54 Å². The first-order valence-corrected chi connectivity index (χ1v) is 4.74. The number of nitrogens with one attached hydrogen (secondary N) is 1. The minimum atomic E-state index is -1.51. The number of allylic oxidation sites excluding steroid dienone is 1. The zero-order chi connectivity index (χ0) is 11.7. The Hall–Kier alpha value is -1.63. The van der Waals surface area contributed by atoms with E-state index in [9.17, 15) is 9.18 Å². The Bertz CT molecular complexity index is 281. The number of nitrogens with zero attached hydrogens (tertiary/aromatic N) is 1. The van der Waals surface area contributed by atoms with Gasteiger partial charge in [-0.25, -0.2) is 4.39 Å². The first-order chi connectivity index (χ1) is 7.15. The number of carbonyl (C=O) groups is 1. The van der Waals surface area contributed by atoms with E-state index in [1.165, 1.54) is 11.0 Å². The van der Waals surface area contributed by atoms with E-state index in [-0.39, 0.29) is 5.84 Å². The Morgan fingerprint density at radius 2 is 2.40 bits per heavy atom. The number of rotatable bonds is 6. The highest BCUT2D eigenvalue weighted by Crippen LogP contribution is 1.97. The fourth-order valence-corrected chi connectivity index (χ4v) is 0.885. The second-order valence-electron chi connectivity index (χ2n) is 2.97. The lowest BCUT2D eigenvalue weighted by atomic mass is 10.3. The highest BCUT2D eigenvalue weighted by Gasteiger charge is 2.04. The lowest BCUT2D eigenvalue weighted by molar-refractivity contribution is -0.114. The SMILES string of the molecule is C#CC(F)/C=C\C(=N)N(C=O)CCCC. The standard InChI is InChI=1S/C11H15FN2O/c1-3-5-8-14(9-15)11(13)7-6-10(12)4-2/h2,6-7,9-10,13H,3,5,8H2,1H3/b7-6-,13-11?. The molecule has 1 unspecified atom stereocenters. The minimum Gasteiger partial charge on any atom is -0.300 e. The van der Waals surface area contributed by atoms with Gasteiger partial charge in [0.15, 0.2) is 6.17 Å². The molecule has 0 spiro atoms. The van der Waals surface area contributed by atoms with Gasteiger partial charge in [0.05, 0.1) is 0 Å². The first kappa shape index (κ1) is 13.4. The van der Waals surface area contributed by atoms with Gasteiger partial charge in [0.2, 0.25) is 6.41 Å². The fraction of sp³-hybridized carbons (Fsp3) is 0.455. The molecule has 0 aliphatic carbocycles. The van der Waals surface area contributed by atoms with E-state index in [0.29, 0.717) is 13.0 Å². The van der Waals surface area contributed by atoms with Gasteiger partial charge in [-0.05, 0) is 18.6 Å². The third-order valence-electron chi connectivity index (χ3n) is 1.77. The molecule has 0 rings (SSSR count). The molecular formula is C11H15FN2O. The van der Waals surface area contributed by atoms with Crippen LogP contribution < -0.4 is 0 Å². The molecule has 0 bridgehead atoms. The number of alkyl halides is 1. The molecule has 0 saturated carbocycles. The smallest absolute Gasteiger partial charge is 0.215 e. The number of unbranched alkanes of at least 4 members (excludes halogenated alkanes) is 1. The number of hydrogen-bond acceptors (Lipinski definition) is 2. The summed E-state index contributed by atoms with van der Waals surface area (Å²) < 4.78 is 12.6. The maximum absolute atomic E-state index is 12.6. The van der Waals surface area contributed by atoms with Crippen molar-refractivity contribution in [3.63, 3.8) is 0 Å². The van der Waals surface area contributed by atoms with Gasteiger partial charge in [-0.2, -0.15) is 0 Å². The molecule has 0 aromatic heterocycles. The molecule has 0 radical (unpaired) electrons. The van der Waals surface area contributed by atoms with Crippen molar-refractivity contribution in [3.05, 3.63) is 12.2 Å². The normalized spacial score (nSPS) is 12.1. The van der Waals surface area contributed by atoms with Crippen molar-refractivity contribution >= 4 is 12.2 Å². The quantitative estimate of drug-likeness (QED) is 0.308. The van der Waals surface area contributed by atoms with Crippen LogP contribution in [0.25, 0.3) is 0 Å². The highest BCUT2D eigenvalue weighted by atomic mass is 19.1.